The molecule has 0 fully saturated rings. The fraction of sp³-hybridized carbons (Fsp3) is 0.417. The maximum absolute atomic E-state index is 10.6. The van der Waals surface area contributed by atoms with Gasteiger partial charge in [0.25, 0.3) is 0 Å². The average Bonchev–Trinajstić information content (AvgIpc) is 2.20. The van der Waals surface area contributed by atoms with E-state index in [-0.39, 0.29) is 5.92 Å². The number of hydrogen-bond donors (Lipinski definition) is 2. The number of aryl methyl sites for hydroxylation is 1. The van der Waals surface area contributed by atoms with Crippen LogP contribution in [0.25, 0.3) is 0 Å². The zero-order valence-electron chi connectivity index (χ0n) is 9.46. The normalized spacial score (nSPS) is 12.2. The maximum atomic E-state index is 10.6. The van der Waals surface area contributed by atoms with Crippen molar-refractivity contribution in [2.75, 3.05) is 11.9 Å². The number of benzene rings is 1. The molecule has 0 saturated heterocycles. The number of carboxylic acids is 1. The molecule has 1 aromatic carbocycles. The zero-order chi connectivity index (χ0) is 12.1. The molecule has 16 heavy (non-hydrogen) atoms. The molecule has 0 aromatic heterocycles. The summed E-state index contributed by atoms with van der Waals surface area (Å²) in [6.45, 7) is 4.41. The molecular weight excluding hydrogens is 270 g/mol. The van der Waals surface area contributed by atoms with E-state index in [0.29, 0.717) is 13.0 Å². The highest BCUT2D eigenvalue weighted by Gasteiger charge is 2.09. The van der Waals surface area contributed by atoms with Crippen LogP contribution in [0, 0.1) is 12.8 Å². The van der Waals surface area contributed by atoms with Crippen molar-refractivity contribution >= 4 is 27.6 Å². The minimum absolute atomic E-state index is 0.309. The number of halogens is 1. The molecule has 1 atom stereocenters. The molecule has 0 saturated carbocycles. The summed E-state index contributed by atoms with van der Waals surface area (Å²) in [5, 5.41) is 11.9. The molecule has 1 unspecified atom stereocenters. The zero-order valence-corrected chi connectivity index (χ0v) is 11.0. The van der Waals surface area contributed by atoms with E-state index in [2.05, 4.69) is 21.2 Å². The summed E-state index contributed by atoms with van der Waals surface area (Å²) in [7, 11) is 0. The minimum Gasteiger partial charge on any atom is -0.481 e. The molecule has 0 heterocycles. The molecule has 0 spiro atoms. The second-order valence-corrected chi connectivity index (χ2v) is 4.79. The van der Waals surface area contributed by atoms with Crippen LogP contribution in [-0.2, 0) is 4.79 Å². The second-order valence-electron chi connectivity index (χ2n) is 3.94. The van der Waals surface area contributed by atoms with E-state index < -0.39 is 5.97 Å². The lowest BCUT2D eigenvalue weighted by atomic mass is 10.1. The van der Waals surface area contributed by atoms with Gasteiger partial charge in [-0.3, -0.25) is 4.79 Å². The van der Waals surface area contributed by atoms with Crippen molar-refractivity contribution in [1.82, 2.24) is 0 Å². The van der Waals surface area contributed by atoms with Crippen molar-refractivity contribution in [2.45, 2.75) is 20.3 Å². The van der Waals surface area contributed by atoms with Crippen LogP contribution in [0.2, 0.25) is 0 Å². The molecule has 0 aliphatic rings. The molecule has 2 N–H and O–H groups in total. The Morgan fingerprint density at radius 2 is 2.25 bits per heavy atom. The van der Waals surface area contributed by atoms with Gasteiger partial charge < -0.3 is 10.4 Å². The predicted octanol–water partition coefficient (Wildman–Crippen LogP) is 3.28. The van der Waals surface area contributed by atoms with Gasteiger partial charge in [0.05, 0.1) is 5.92 Å². The lowest BCUT2D eigenvalue weighted by Gasteiger charge is -2.10. The van der Waals surface area contributed by atoms with Gasteiger partial charge in [-0.05, 0) is 47.0 Å². The van der Waals surface area contributed by atoms with E-state index in [4.69, 9.17) is 5.11 Å². The standard InChI is InChI=1S/C12H16BrNO2/c1-8-3-4-11(10(13)7-8)14-6-5-9(2)12(15)16/h3-4,7,9,14H,5-6H2,1-2H3,(H,15,16). The molecular formula is C12H16BrNO2. The fourth-order valence-electron chi connectivity index (χ4n) is 1.31. The van der Waals surface area contributed by atoms with Crippen LogP contribution in [0.4, 0.5) is 5.69 Å². The molecule has 0 bridgehead atoms. The van der Waals surface area contributed by atoms with E-state index in [1.807, 2.05) is 25.1 Å². The first-order chi connectivity index (χ1) is 7.50. The Hall–Kier alpha value is -1.03. The van der Waals surface area contributed by atoms with E-state index in [9.17, 15) is 4.79 Å². The number of hydrogen-bond acceptors (Lipinski definition) is 2. The van der Waals surface area contributed by atoms with Gasteiger partial charge in [0.1, 0.15) is 0 Å². The van der Waals surface area contributed by atoms with E-state index in [0.717, 1.165) is 10.2 Å². The van der Waals surface area contributed by atoms with Crippen LogP contribution in [-0.4, -0.2) is 17.6 Å². The summed E-state index contributed by atoms with van der Waals surface area (Å²) in [4.78, 5) is 10.6. The smallest absolute Gasteiger partial charge is 0.306 e. The number of anilines is 1. The van der Waals surface area contributed by atoms with Gasteiger partial charge in [-0.25, -0.2) is 0 Å². The van der Waals surface area contributed by atoms with Crippen LogP contribution < -0.4 is 5.32 Å². The number of carbonyl (C=O) groups is 1. The first kappa shape index (κ1) is 13.0. The number of aliphatic carboxylic acids is 1. The lowest BCUT2D eigenvalue weighted by molar-refractivity contribution is -0.141. The highest BCUT2D eigenvalue weighted by molar-refractivity contribution is 9.10. The van der Waals surface area contributed by atoms with Gasteiger partial charge in [-0.15, -0.1) is 0 Å². The molecule has 0 aliphatic carbocycles. The first-order valence-corrected chi connectivity index (χ1v) is 6.03. The van der Waals surface area contributed by atoms with Crippen molar-refractivity contribution in [3.8, 4) is 0 Å². The van der Waals surface area contributed by atoms with E-state index in [1.165, 1.54) is 5.56 Å². The lowest BCUT2D eigenvalue weighted by Crippen LogP contribution is -2.14. The average molecular weight is 286 g/mol. The van der Waals surface area contributed by atoms with Crippen molar-refractivity contribution < 1.29 is 9.90 Å². The Kier molecular flexibility index (Phi) is 4.80. The third-order valence-corrected chi connectivity index (χ3v) is 3.10. The second kappa shape index (κ2) is 5.89. The molecule has 0 amide bonds. The molecule has 88 valence electrons. The topological polar surface area (TPSA) is 49.3 Å². The van der Waals surface area contributed by atoms with E-state index >= 15 is 0 Å². The Morgan fingerprint density at radius 1 is 1.56 bits per heavy atom. The minimum atomic E-state index is -0.746. The highest BCUT2D eigenvalue weighted by atomic mass is 79.9. The van der Waals surface area contributed by atoms with Gasteiger partial charge >= 0.3 is 5.97 Å². The van der Waals surface area contributed by atoms with Crippen LogP contribution in [0.15, 0.2) is 22.7 Å². The van der Waals surface area contributed by atoms with Crippen LogP contribution in [0.1, 0.15) is 18.9 Å². The maximum Gasteiger partial charge on any atom is 0.306 e. The quantitative estimate of drug-likeness (QED) is 0.873. The Labute approximate surface area is 104 Å². The van der Waals surface area contributed by atoms with E-state index in [1.54, 1.807) is 6.92 Å². The number of nitrogens with one attached hydrogen (secondary N) is 1. The predicted molar refractivity (Wildman–Crippen MR) is 68.8 cm³/mol. The van der Waals surface area contributed by atoms with Crippen LogP contribution in [0.3, 0.4) is 0 Å². The van der Waals surface area contributed by atoms with Crippen molar-refractivity contribution in [3.05, 3.63) is 28.2 Å². The van der Waals surface area contributed by atoms with Gasteiger partial charge in [-0.2, -0.15) is 0 Å². The number of rotatable bonds is 5. The largest absolute Gasteiger partial charge is 0.481 e. The first-order valence-electron chi connectivity index (χ1n) is 5.23. The molecule has 0 radical (unpaired) electrons. The monoisotopic (exact) mass is 285 g/mol. The highest BCUT2D eigenvalue weighted by Crippen LogP contribution is 2.23. The summed E-state index contributed by atoms with van der Waals surface area (Å²) >= 11 is 3.46. The third-order valence-electron chi connectivity index (χ3n) is 2.44. The van der Waals surface area contributed by atoms with Crippen LogP contribution >= 0.6 is 15.9 Å². The van der Waals surface area contributed by atoms with Gasteiger partial charge in [-0.1, -0.05) is 13.0 Å². The summed E-state index contributed by atoms with van der Waals surface area (Å²) in [6, 6.07) is 6.04. The van der Waals surface area contributed by atoms with Gasteiger partial charge in [0.15, 0.2) is 0 Å². The molecule has 1 rings (SSSR count). The Bertz CT molecular complexity index is 379. The summed E-state index contributed by atoms with van der Waals surface area (Å²) in [5.74, 6) is -1.05. The summed E-state index contributed by atoms with van der Waals surface area (Å²) < 4.78 is 1.01. The molecule has 4 heteroatoms. The van der Waals surface area contributed by atoms with Crippen molar-refractivity contribution in [2.24, 2.45) is 5.92 Å². The fourth-order valence-corrected chi connectivity index (χ4v) is 1.94. The number of carboxylic acid groups (broad SMARTS) is 1. The van der Waals surface area contributed by atoms with Gasteiger partial charge in [0, 0.05) is 16.7 Å². The third kappa shape index (κ3) is 3.85. The van der Waals surface area contributed by atoms with Crippen molar-refractivity contribution in [1.29, 1.82) is 0 Å². The molecule has 0 aliphatic heterocycles. The summed E-state index contributed by atoms with van der Waals surface area (Å²) in [5.41, 5.74) is 2.19. The SMILES string of the molecule is Cc1ccc(NCCC(C)C(=O)O)c(Br)c1. The Balaban J connectivity index is 2.46. The van der Waals surface area contributed by atoms with Crippen LogP contribution in [0.5, 0.6) is 0 Å². The Morgan fingerprint density at radius 3 is 2.81 bits per heavy atom. The van der Waals surface area contributed by atoms with Gasteiger partial charge in [0.2, 0.25) is 0 Å². The van der Waals surface area contributed by atoms with Crippen molar-refractivity contribution in [3.63, 3.8) is 0 Å². The summed E-state index contributed by atoms with van der Waals surface area (Å²) in [6.07, 6.45) is 0.621. The molecule has 1 aromatic rings. The molecule has 3 nitrogen and oxygen atoms in total.